The molecule has 0 saturated heterocycles. The van der Waals surface area contributed by atoms with Gasteiger partial charge in [0.2, 0.25) is 5.91 Å². The van der Waals surface area contributed by atoms with Gasteiger partial charge in [0, 0.05) is 12.6 Å². The monoisotopic (exact) mass is 333 g/mol. The van der Waals surface area contributed by atoms with Crippen molar-refractivity contribution in [1.29, 1.82) is 0 Å². The molecule has 1 heterocycles. The first kappa shape index (κ1) is 17.5. The third-order valence-electron chi connectivity index (χ3n) is 3.60. The Kier molecular flexibility index (Phi) is 6.21. The van der Waals surface area contributed by atoms with E-state index in [0.29, 0.717) is 22.6 Å². The van der Waals surface area contributed by atoms with E-state index in [4.69, 9.17) is 0 Å². The van der Waals surface area contributed by atoms with Crippen LogP contribution in [0.5, 0.6) is 0 Å². The molecule has 5 nitrogen and oxygen atoms in total. The zero-order valence-corrected chi connectivity index (χ0v) is 14.7. The predicted molar refractivity (Wildman–Crippen MR) is 94.9 cm³/mol. The largest absolute Gasteiger partial charge is 0.353 e. The molecule has 1 N–H and O–H groups in total. The summed E-state index contributed by atoms with van der Waals surface area (Å²) in [5, 5.41) is 4.17. The molecular weight excluding hydrogens is 310 g/mol. The van der Waals surface area contributed by atoms with E-state index in [9.17, 15) is 9.59 Å². The van der Waals surface area contributed by atoms with Crippen molar-refractivity contribution >= 4 is 28.6 Å². The van der Waals surface area contributed by atoms with Crippen molar-refractivity contribution in [2.24, 2.45) is 0 Å². The lowest BCUT2D eigenvalue weighted by atomic mass is 10.2. The van der Waals surface area contributed by atoms with E-state index in [0.717, 1.165) is 12.8 Å². The van der Waals surface area contributed by atoms with Crippen molar-refractivity contribution in [3.05, 3.63) is 34.6 Å². The molecule has 0 radical (unpaired) electrons. The zero-order chi connectivity index (χ0) is 16.8. The number of amides is 1. The second-order valence-electron chi connectivity index (χ2n) is 5.51. The van der Waals surface area contributed by atoms with Crippen molar-refractivity contribution in [1.82, 2.24) is 14.9 Å². The standard InChI is InChI=1S/C17H23N3O2S/c1-4-8-12(3)18-15(21)11-23-17-19-14-10-7-6-9-13(14)16(22)20(17)5-2/h6-7,9-10,12H,4-5,8,11H2,1-3H3,(H,18,21)/t12-/m0/s1. The molecule has 1 amide bonds. The van der Waals surface area contributed by atoms with Gasteiger partial charge < -0.3 is 5.32 Å². The Hall–Kier alpha value is -1.82. The average Bonchev–Trinajstić information content (AvgIpc) is 2.53. The maximum Gasteiger partial charge on any atom is 0.262 e. The van der Waals surface area contributed by atoms with E-state index >= 15 is 0 Å². The van der Waals surface area contributed by atoms with Crippen molar-refractivity contribution in [2.75, 3.05) is 5.75 Å². The summed E-state index contributed by atoms with van der Waals surface area (Å²) in [5.41, 5.74) is 0.616. The van der Waals surface area contributed by atoms with Crippen LogP contribution in [0, 0.1) is 0 Å². The van der Waals surface area contributed by atoms with E-state index in [2.05, 4.69) is 17.2 Å². The van der Waals surface area contributed by atoms with Crippen LogP contribution >= 0.6 is 11.8 Å². The van der Waals surface area contributed by atoms with E-state index in [1.807, 2.05) is 32.0 Å². The summed E-state index contributed by atoms with van der Waals surface area (Å²) in [7, 11) is 0. The molecule has 6 heteroatoms. The Labute approximate surface area is 140 Å². The summed E-state index contributed by atoms with van der Waals surface area (Å²) in [6.07, 6.45) is 2.00. The molecule has 0 aliphatic carbocycles. The Morgan fingerprint density at radius 1 is 1.35 bits per heavy atom. The van der Waals surface area contributed by atoms with Crippen LogP contribution in [0.4, 0.5) is 0 Å². The van der Waals surface area contributed by atoms with Gasteiger partial charge in [0.1, 0.15) is 0 Å². The number of rotatable bonds is 7. The van der Waals surface area contributed by atoms with Crippen LogP contribution in [-0.4, -0.2) is 27.3 Å². The Balaban J connectivity index is 2.16. The van der Waals surface area contributed by atoms with Gasteiger partial charge in [0.05, 0.1) is 16.7 Å². The number of aromatic nitrogens is 2. The fourth-order valence-corrected chi connectivity index (χ4v) is 3.36. The Bertz CT molecular complexity index is 742. The number of nitrogens with zero attached hydrogens (tertiary/aromatic N) is 2. The normalized spacial score (nSPS) is 12.3. The van der Waals surface area contributed by atoms with Gasteiger partial charge >= 0.3 is 0 Å². The minimum Gasteiger partial charge on any atom is -0.353 e. The number of fused-ring (bicyclic) bond motifs is 1. The minimum absolute atomic E-state index is 0.0268. The first-order valence-corrected chi connectivity index (χ1v) is 8.97. The zero-order valence-electron chi connectivity index (χ0n) is 13.8. The summed E-state index contributed by atoms with van der Waals surface area (Å²) in [4.78, 5) is 29.0. The lowest BCUT2D eigenvalue weighted by molar-refractivity contribution is -0.119. The van der Waals surface area contributed by atoms with Crippen LogP contribution in [-0.2, 0) is 11.3 Å². The molecule has 0 aliphatic rings. The van der Waals surface area contributed by atoms with E-state index in [-0.39, 0.29) is 23.3 Å². The van der Waals surface area contributed by atoms with Crippen LogP contribution in [0.3, 0.4) is 0 Å². The lowest BCUT2D eigenvalue weighted by Crippen LogP contribution is -2.34. The van der Waals surface area contributed by atoms with Crippen LogP contribution < -0.4 is 10.9 Å². The summed E-state index contributed by atoms with van der Waals surface area (Å²) >= 11 is 1.31. The molecule has 2 rings (SSSR count). The molecule has 0 spiro atoms. The first-order chi connectivity index (χ1) is 11.1. The van der Waals surface area contributed by atoms with Gasteiger partial charge in [-0.25, -0.2) is 4.98 Å². The van der Waals surface area contributed by atoms with Crippen LogP contribution in [0.25, 0.3) is 10.9 Å². The molecule has 0 bridgehead atoms. The molecular formula is C17H23N3O2S. The molecule has 0 saturated carbocycles. The third kappa shape index (κ3) is 4.34. The topological polar surface area (TPSA) is 64.0 Å². The highest BCUT2D eigenvalue weighted by Crippen LogP contribution is 2.17. The number of para-hydroxylation sites is 1. The average molecular weight is 333 g/mol. The molecule has 23 heavy (non-hydrogen) atoms. The molecule has 0 unspecified atom stereocenters. The fraction of sp³-hybridized carbons (Fsp3) is 0.471. The second kappa shape index (κ2) is 8.15. The predicted octanol–water partition coefficient (Wildman–Crippen LogP) is 2.81. The molecule has 0 aliphatic heterocycles. The van der Waals surface area contributed by atoms with Crippen LogP contribution in [0.15, 0.2) is 34.2 Å². The number of benzene rings is 1. The second-order valence-corrected chi connectivity index (χ2v) is 6.45. The first-order valence-electron chi connectivity index (χ1n) is 7.98. The number of hydrogen-bond acceptors (Lipinski definition) is 4. The minimum atomic E-state index is -0.0552. The number of nitrogens with one attached hydrogen (secondary N) is 1. The van der Waals surface area contributed by atoms with Crippen LogP contribution in [0.2, 0.25) is 0 Å². The van der Waals surface area contributed by atoms with Gasteiger partial charge in [-0.15, -0.1) is 0 Å². The quantitative estimate of drug-likeness (QED) is 0.625. The maximum absolute atomic E-state index is 12.5. The fourth-order valence-electron chi connectivity index (χ4n) is 2.49. The molecule has 1 atom stereocenters. The van der Waals surface area contributed by atoms with E-state index < -0.39 is 0 Å². The number of carbonyl (C=O) groups excluding carboxylic acids is 1. The SMILES string of the molecule is CCC[C@H](C)NC(=O)CSc1nc2ccccc2c(=O)n1CC. The molecule has 1 aromatic heterocycles. The van der Waals surface area contributed by atoms with E-state index in [1.165, 1.54) is 11.8 Å². The molecule has 124 valence electrons. The summed E-state index contributed by atoms with van der Waals surface area (Å²) in [6, 6.07) is 7.47. The number of thioether (sulfide) groups is 1. The number of hydrogen-bond donors (Lipinski definition) is 1. The smallest absolute Gasteiger partial charge is 0.262 e. The van der Waals surface area contributed by atoms with Crippen molar-refractivity contribution in [2.45, 2.75) is 51.4 Å². The molecule has 1 aromatic carbocycles. The van der Waals surface area contributed by atoms with Gasteiger partial charge in [0.25, 0.3) is 5.56 Å². The number of carbonyl (C=O) groups is 1. The van der Waals surface area contributed by atoms with Crippen molar-refractivity contribution in [3.63, 3.8) is 0 Å². The van der Waals surface area contributed by atoms with Gasteiger partial charge in [-0.05, 0) is 32.4 Å². The van der Waals surface area contributed by atoms with Crippen LogP contribution in [0.1, 0.15) is 33.6 Å². The van der Waals surface area contributed by atoms with Gasteiger partial charge in [-0.3, -0.25) is 14.2 Å². The van der Waals surface area contributed by atoms with Gasteiger partial charge in [-0.1, -0.05) is 37.2 Å². The highest BCUT2D eigenvalue weighted by Gasteiger charge is 2.13. The summed E-state index contributed by atoms with van der Waals surface area (Å²) < 4.78 is 1.62. The summed E-state index contributed by atoms with van der Waals surface area (Å²) in [5.74, 6) is 0.236. The van der Waals surface area contributed by atoms with Gasteiger partial charge in [-0.2, -0.15) is 0 Å². The highest BCUT2D eigenvalue weighted by molar-refractivity contribution is 7.99. The van der Waals surface area contributed by atoms with E-state index in [1.54, 1.807) is 10.6 Å². The van der Waals surface area contributed by atoms with Gasteiger partial charge in [0.15, 0.2) is 5.16 Å². The molecule has 0 fully saturated rings. The highest BCUT2D eigenvalue weighted by atomic mass is 32.2. The molecule has 2 aromatic rings. The van der Waals surface area contributed by atoms with Crippen molar-refractivity contribution in [3.8, 4) is 0 Å². The Morgan fingerprint density at radius 2 is 2.09 bits per heavy atom. The third-order valence-corrected chi connectivity index (χ3v) is 4.58. The summed E-state index contributed by atoms with van der Waals surface area (Å²) in [6.45, 7) is 6.54. The lowest BCUT2D eigenvalue weighted by Gasteiger charge is -2.14. The Morgan fingerprint density at radius 3 is 2.78 bits per heavy atom. The maximum atomic E-state index is 12.5. The van der Waals surface area contributed by atoms with Crippen molar-refractivity contribution < 1.29 is 4.79 Å².